The number of nitrogens with zero attached hydrogens (tertiary/aromatic N) is 3. The average Bonchev–Trinajstić information content (AvgIpc) is 2.20. The Morgan fingerprint density at radius 3 is 2.75 bits per heavy atom. The van der Waals surface area contributed by atoms with E-state index in [9.17, 15) is 18.9 Å². The van der Waals surface area contributed by atoms with E-state index < -0.39 is 27.6 Å². The molecule has 0 aliphatic rings. The van der Waals surface area contributed by atoms with Gasteiger partial charge >= 0.3 is 0 Å². The van der Waals surface area contributed by atoms with Crippen LogP contribution in [0.15, 0.2) is 6.20 Å². The van der Waals surface area contributed by atoms with Gasteiger partial charge in [-0.15, -0.1) is 0 Å². The minimum absolute atomic E-state index is 0.0925. The summed E-state index contributed by atoms with van der Waals surface area (Å²) in [6.07, 6.45) is -2.69. The third-order valence-corrected chi connectivity index (χ3v) is 2.19. The largest absolute Gasteiger partial charge is 0.297 e. The number of pyridine rings is 1. The monoisotopic (exact) mass is 247 g/mol. The first kappa shape index (κ1) is 12.3. The molecule has 0 atom stereocenters. The predicted molar refractivity (Wildman–Crippen MR) is 50.2 cm³/mol. The number of alkyl halides is 2. The maximum Gasteiger partial charge on any atom is 0.297 e. The first-order valence-electron chi connectivity index (χ1n) is 3.95. The van der Waals surface area contributed by atoms with E-state index in [2.05, 4.69) is 4.98 Å². The summed E-state index contributed by atoms with van der Waals surface area (Å²) in [5, 5.41) is 18.3. The van der Waals surface area contributed by atoms with Gasteiger partial charge in [-0.3, -0.25) is 15.1 Å². The molecule has 16 heavy (non-hydrogen) atoms. The van der Waals surface area contributed by atoms with E-state index in [1.165, 1.54) is 0 Å². The fraction of sp³-hybridized carbons (Fsp3) is 0.250. The molecule has 0 unspecified atom stereocenters. The van der Waals surface area contributed by atoms with E-state index in [1.807, 2.05) is 0 Å². The fourth-order valence-electron chi connectivity index (χ4n) is 1.08. The van der Waals surface area contributed by atoms with Gasteiger partial charge in [0.2, 0.25) is 0 Å². The number of halogens is 3. The van der Waals surface area contributed by atoms with Crippen LogP contribution in [0, 0.1) is 21.4 Å². The smallest absolute Gasteiger partial charge is 0.258 e. The van der Waals surface area contributed by atoms with E-state index in [4.69, 9.17) is 16.9 Å². The number of rotatable bonds is 3. The molecule has 84 valence electrons. The van der Waals surface area contributed by atoms with Crippen LogP contribution in [-0.2, 0) is 6.42 Å². The zero-order chi connectivity index (χ0) is 12.3. The van der Waals surface area contributed by atoms with Gasteiger partial charge in [0.15, 0.2) is 0 Å². The van der Waals surface area contributed by atoms with Gasteiger partial charge in [0.1, 0.15) is 11.8 Å². The van der Waals surface area contributed by atoms with Gasteiger partial charge in [0.05, 0.1) is 28.1 Å². The van der Waals surface area contributed by atoms with Gasteiger partial charge in [-0.2, -0.15) is 5.26 Å². The maximum atomic E-state index is 12.6. The summed E-state index contributed by atoms with van der Waals surface area (Å²) in [7, 11) is 0. The van der Waals surface area contributed by atoms with Crippen molar-refractivity contribution < 1.29 is 13.7 Å². The van der Waals surface area contributed by atoms with Crippen molar-refractivity contribution in [3.8, 4) is 6.07 Å². The number of hydrogen-bond acceptors (Lipinski definition) is 4. The van der Waals surface area contributed by atoms with Crippen LogP contribution in [0.1, 0.15) is 17.7 Å². The summed E-state index contributed by atoms with van der Waals surface area (Å²) in [4.78, 5) is 13.0. The topological polar surface area (TPSA) is 79.8 Å². The van der Waals surface area contributed by atoms with Gasteiger partial charge in [0, 0.05) is 0 Å². The lowest BCUT2D eigenvalue weighted by molar-refractivity contribution is -0.386. The molecule has 0 amide bonds. The third-order valence-electron chi connectivity index (χ3n) is 1.77. The summed E-state index contributed by atoms with van der Waals surface area (Å²) in [6, 6.07) is 1.68. The lowest BCUT2D eigenvalue weighted by Gasteiger charge is -2.06. The van der Waals surface area contributed by atoms with Crippen LogP contribution in [0.4, 0.5) is 14.5 Å². The van der Waals surface area contributed by atoms with Gasteiger partial charge < -0.3 is 0 Å². The van der Waals surface area contributed by atoms with E-state index in [-0.39, 0.29) is 12.1 Å². The van der Waals surface area contributed by atoms with E-state index in [0.717, 1.165) is 0 Å². The fourth-order valence-corrected chi connectivity index (χ4v) is 1.38. The van der Waals surface area contributed by atoms with E-state index >= 15 is 0 Å². The average molecular weight is 248 g/mol. The summed E-state index contributed by atoms with van der Waals surface area (Å²) in [5.74, 6) is 0. The molecule has 1 heterocycles. The van der Waals surface area contributed by atoms with Crippen molar-refractivity contribution in [2.24, 2.45) is 0 Å². The quantitative estimate of drug-likeness (QED) is 0.607. The molecule has 0 aliphatic heterocycles. The predicted octanol–water partition coefficient (Wildman–Crippen LogP) is 2.65. The highest BCUT2D eigenvalue weighted by Gasteiger charge is 2.27. The molecule has 1 aromatic rings. The molecular weight excluding hydrogens is 244 g/mol. The van der Waals surface area contributed by atoms with Crippen molar-refractivity contribution >= 4 is 17.3 Å². The van der Waals surface area contributed by atoms with Crippen LogP contribution >= 0.6 is 11.6 Å². The van der Waals surface area contributed by atoms with Crippen LogP contribution in [-0.4, -0.2) is 9.91 Å². The number of hydrogen-bond donors (Lipinski definition) is 0. The van der Waals surface area contributed by atoms with Crippen molar-refractivity contribution in [2.75, 3.05) is 0 Å². The maximum absolute atomic E-state index is 12.6. The van der Waals surface area contributed by atoms with Gasteiger partial charge in [-0.05, 0) is 0 Å². The van der Waals surface area contributed by atoms with Crippen LogP contribution in [0.5, 0.6) is 0 Å². The van der Waals surface area contributed by atoms with Crippen molar-refractivity contribution in [3.05, 3.63) is 32.6 Å². The molecule has 5 nitrogen and oxygen atoms in total. The molecule has 0 saturated carbocycles. The Balaban J connectivity index is 3.43. The first-order chi connectivity index (χ1) is 7.49. The SMILES string of the molecule is N#CCc1ncc([N+](=O)[O-])c(C(F)F)c1Cl. The Kier molecular flexibility index (Phi) is 3.68. The van der Waals surface area contributed by atoms with Crippen LogP contribution in [0.25, 0.3) is 0 Å². The molecule has 0 spiro atoms. The third kappa shape index (κ3) is 2.23. The summed E-state index contributed by atoms with van der Waals surface area (Å²) in [6.45, 7) is 0. The minimum atomic E-state index is -3.09. The van der Waals surface area contributed by atoms with Crippen LogP contribution in [0.3, 0.4) is 0 Å². The Labute approximate surface area is 93.4 Å². The standard InChI is InChI=1S/C8H4ClF2N3O2/c9-7-4(1-2-12)13-3-5(14(15)16)6(7)8(10)11/h3,8H,1H2. The molecule has 1 rings (SSSR count). The summed E-state index contributed by atoms with van der Waals surface area (Å²) < 4.78 is 25.1. The minimum Gasteiger partial charge on any atom is -0.258 e. The van der Waals surface area contributed by atoms with Gasteiger partial charge in [-0.1, -0.05) is 11.6 Å². The zero-order valence-electron chi connectivity index (χ0n) is 7.65. The highest BCUT2D eigenvalue weighted by Crippen LogP contribution is 2.35. The van der Waals surface area contributed by atoms with Crippen molar-refractivity contribution in [1.82, 2.24) is 4.98 Å². The highest BCUT2D eigenvalue weighted by molar-refractivity contribution is 6.32. The first-order valence-corrected chi connectivity index (χ1v) is 4.33. The number of nitriles is 1. The second-order valence-corrected chi connectivity index (χ2v) is 3.09. The zero-order valence-corrected chi connectivity index (χ0v) is 8.41. The number of aromatic nitrogens is 1. The molecule has 0 bridgehead atoms. The molecule has 1 aromatic heterocycles. The second kappa shape index (κ2) is 4.81. The van der Waals surface area contributed by atoms with Gasteiger partial charge in [0.25, 0.3) is 12.1 Å². The Hall–Kier alpha value is -1.81. The highest BCUT2D eigenvalue weighted by atomic mass is 35.5. The Morgan fingerprint density at radius 1 is 1.69 bits per heavy atom. The van der Waals surface area contributed by atoms with Gasteiger partial charge in [-0.25, -0.2) is 8.78 Å². The lowest BCUT2D eigenvalue weighted by Crippen LogP contribution is -2.02. The molecule has 0 aliphatic carbocycles. The Bertz CT molecular complexity index is 473. The van der Waals surface area contributed by atoms with Crippen LogP contribution in [0.2, 0.25) is 5.02 Å². The van der Waals surface area contributed by atoms with Crippen molar-refractivity contribution in [1.29, 1.82) is 5.26 Å². The molecule has 0 saturated heterocycles. The van der Waals surface area contributed by atoms with E-state index in [1.54, 1.807) is 6.07 Å². The second-order valence-electron chi connectivity index (χ2n) is 2.71. The molecule has 0 N–H and O–H groups in total. The molecule has 8 heteroatoms. The normalized spacial score (nSPS) is 10.2. The van der Waals surface area contributed by atoms with E-state index in [0.29, 0.717) is 6.20 Å². The lowest BCUT2D eigenvalue weighted by atomic mass is 10.1. The summed E-state index contributed by atoms with van der Waals surface area (Å²) in [5.41, 5.74) is -1.83. The Morgan fingerprint density at radius 2 is 2.31 bits per heavy atom. The van der Waals surface area contributed by atoms with Crippen molar-refractivity contribution in [2.45, 2.75) is 12.8 Å². The van der Waals surface area contributed by atoms with Crippen molar-refractivity contribution in [3.63, 3.8) is 0 Å². The molecule has 0 aromatic carbocycles. The van der Waals surface area contributed by atoms with Crippen LogP contribution < -0.4 is 0 Å². The molecular formula is C8H4ClF2N3O2. The number of nitro groups is 1. The molecule has 0 fully saturated rings. The summed E-state index contributed by atoms with van der Waals surface area (Å²) >= 11 is 5.53. The molecule has 0 radical (unpaired) electrons.